The van der Waals surface area contributed by atoms with E-state index in [2.05, 4.69) is 213 Å². The molecule has 1 fully saturated rings. The molecule has 1 nitrogen and oxygen atoms in total. The van der Waals surface area contributed by atoms with Gasteiger partial charge in [0.15, 0.2) is 0 Å². The van der Waals surface area contributed by atoms with Crippen LogP contribution in [0, 0.1) is 11.8 Å². The number of allylic oxidation sites excluding steroid dienone is 8. The Balaban J connectivity index is 1.09. The molecule has 60 heavy (non-hydrogen) atoms. The van der Waals surface area contributed by atoms with Crippen molar-refractivity contribution in [2.75, 3.05) is 4.90 Å². The standard InChI is InChI=1S/C59H51N/c1-59(2)53-32-11-8-27-52(53)58-47(29-17-33-54(58)59)42-36-38-44(39-37-42)60(55-34-12-9-25-49(55)48-30-14-21-40-20-6-7-24-45(40)48)56-35-13-10-26-50(56)51-31-16-23-43-22-15-28-46(57(43)51)41-18-4-3-5-19-41/h6-17,20-39,41,51,57H,3-5,18-19H2,1-2H3. The maximum atomic E-state index is 2.55. The summed E-state index contributed by atoms with van der Waals surface area (Å²) in [5, 5.41) is 2.51. The van der Waals surface area contributed by atoms with Crippen molar-refractivity contribution in [2.24, 2.45) is 11.8 Å². The Hall–Kier alpha value is -6.44. The quantitative estimate of drug-likeness (QED) is 0.156. The molecule has 7 aromatic carbocycles. The summed E-state index contributed by atoms with van der Waals surface area (Å²) in [6.45, 7) is 4.73. The highest BCUT2D eigenvalue weighted by molar-refractivity contribution is 6.02. The van der Waals surface area contributed by atoms with Crippen molar-refractivity contribution in [3.8, 4) is 33.4 Å². The van der Waals surface area contributed by atoms with Crippen molar-refractivity contribution >= 4 is 27.8 Å². The van der Waals surface area contributed by atoms with E-state index in [4.69, 9.17) is 0 Å². The highest BCUT2D eigenvalue weighted by Crippen LogP contribution is 2.54. The lowest BCUT2D eigenvalue weighted by Gasteiger charge is -2.39. The van der Waals surface area contributed by atoms with E-state index in [9.17, 15) is 0 Å². The van der Waals surface area contributed by atoms with E-state index in [0.29, 0.717) is 11.8 Å². The second-order valence-electron chi connectivity index (χ2n) is 17.8. The number of anilines is 3. The molecule has 0 heterocycles. The van der Waals surface area contributed by atoms with Crippen LogP contribution in [0.15, 0.2) is 205 Å². The number of hydrogen-bond donors (Lipinski definition) is 0. The van der Waals surface area contributed by atoms with Crippen molar-refractivity contribution in [1.29, 1.82) is 0 Å². The normalized spacial score (nSPS) is 19.0. The van der Waals surface area contributed by atoms with E-state index in [1.54, 1.807) is 5.57 Å². The molecule has 1 heteroatoms. The molecule has 0 N–H and O–H groups in total. The molecular formula is C59H51N. The van der Waals surface area contributed by atoms with Gasteiger partial charge in [-0.3, -0.25) is 0 Å². The van der Waals surface area contributed by atoms with E-state index >= 15 is 0 Å². The topological polar surface area (TPSA) is 3.24 Å². The minimum Gasteiger partial charge on any atom is -0.310 e. The van der Waals surface area contributed by atoms with Crippen molar-refractivity contribution in [2.45, 2.75) is 57.3 Å². The van der Waals surface area contributed by atoms with Gasteiger partial charge in [0.1, 0.15) is 0 Å². The van der Waals surface area contributed by atoms with Gasteiger partial charge in [-0.15, -0.1) is 0 Å². The summed E-state index contributed by atoms with van der Waals surface area (Å²) in [6, 6.07) is 59.1. The Kier molecular flexibility index (Phi) is 9.15. The summed E-state index contributed by atoms with van der Waals surface area (Å²) < 4.78 is 0. The van der Waals surface area contributed by atoms with E-state index in [-0.39, 0.29) is 11.3 Å². The van der Waals surface area contributed by atoms with Gasteiger partial charge in [0.05, 0.1) is 5.69 Å². The third kappa shape index (κ3) is 6.05. The zero-order valence-corrected chi connectivity index (χ0v) is 34.7. The van der Waals surface area contributed by atoms with Crippen LogP contribution < -0.4 is 4.90 Å². The molecule has 2 atom stereocenters. The van der Waals surface area contributed by atoms with Crippen molar-refractivity contribution < 1.29 is 0 Å². The molecule has 11 rings (SSSR count). The molecule has 4 aliphatic rings. The maximum Gasteiger partial charge on any atom is 0.0540 e. The Labute approximate surface area is 355 Å². The van der Waals surface area contributed by atoms with Crippen LogP contribution in [-0.2, 0) is 5.41 Å². The number of rotatable bonds is 7. The number of hydrogen-bond acceptors (Lipinski definition) is 1. The molecular weight excluding hydrogens is 723 g/mol. The first-order valence-electron chi connectivity index (χ1n) is 22.1. The Morgan fingerprint density at radius 1 is 0.533 bits per heavy atom. The van der Waals surface area contributed by atoms with Crippen LogP contribution >= 0.6 is 0 Å². The molecule has 4 aliphatic carbocycles. The molecule has 0 radical (unpaired) electrons. The van der Waals surface area contributed by atoms with Gasteiger partial charge in [-0.2, -0.15) is 0 Å². The van der Waals surface area contributed by atoms with E-state index < -0.39 is 0 Å². The Morgan fingerprint density at radius 3 is 2.07 bits per heavy atom. The van der Waals surface area contributed by atoms with Crippen LogP contribution in [0.2, 0.25) is 0 Å². The maximum absolute atomic E-state index is 2.55. The molecule has 0 amide bonds. The first-order chi connectivity index (χ1) is 29.6. The third-order valence-electron chi connectivity index (χ3n) is 14.1. The number of nitrogens with zero attached hydrogens (tertiary/aromatic N) is 1. The van der Waals surface area contributed by atoms with Crippen LogP contribution in [0.3, 0.4) is 0 Å². The minimum absolute atomic E-state index is 0.0451. The summed E-state index contributed by atoms with van der Waals surface area (Å²) >= 11 is 0. The molecule has 7 aromatic rings. The molecule has 0 saturated heterocycles. The average Bonchev–Trinajstić information content (AvgIpc) is 3.55. The number of fused-ring (bicyclic) bond motifs is 5. The first kappa shape index (κ1) is 36.6. The molecule has 1 saturated carbocycles. The van der Waals surface area contributed by atoms with Gasteiger partial charge in [-0.1, -0.05) is 209 Å². The zero-order valence-electron chi connectivity index (χ0n) is 34.7. The smallest absolute Gasteiger partial charge is 0.0540 e. The number of benzene rings is 7. The lowest BCUT2D eigenvalue weighted by atomic mass is 9.66. The second kappa shape index (κ2) is 15.0. The van der Waals surface area contributed by atoms with Gasteiger partial charge in [0.2, 0.25) is 0 Å². The van der Waals surface area contributed by atoms with Crippen LogP contribution in [-0.4, -0.2) is 0 Å². The van der Waals surface area contributed by atoms with Crippen molar-refractivity contribution in [1.82, 2.24) is 0 Å². The predicted octanol–water partition coefficient (Wildman–Crippen LogP) is 16.2. The molecule has 2 unspecified atom stereocenters. The van der Waals surface area contributed by atoms with E-state index in [1.807, 2.05) is 0 Å². The van der Waals surface area contributed by atoms with Crippen LogP contribution in [0.4, 0.5) is 17.1 Å². The minimum atomic E-state index is -0.0451. The lowest BCUT2D eigenvalue weighted by Crippen LogP contribution is -2.26. The Morgan fingerprint density at radius 2 is 1.20 bits per heavy atom. The van der Waals surface area contributed by atoms with Crippen LogP contribution in [0.1, 0.15) is 68.6 Å². The third-order valence-corrected chi connectivity index (χ3v) is 14.1. The van der Waals surface area contributed by atoms with Gasteiger partial charge < -0.3 is 4.90 Å². The van der Waals surface area contributed by atoms with Gasteiger partial charge >= 0.3 is 0 Å². The van der Waals surface area contributed by atoms with Crippen molar-refractivity contribution in [3.05, 3.63) is 222 Å². The van der Waals surface area contributed by atoms with Crippen LogP contribution in [0.25, 0.3) is 44.2 Å². The molecule has 292 valence electrons. The summed E-state index contributed by atoms with van der Waals surface area (Å²) in [5.74, 6) is 1.18. The fourth-order valence-electron chi connectivity index (χ4n) is 11.3. The first-order valence-corrected chi connectivity index (χ1v) is 22.1. The summed E-state index contributed by atoms with van der Waals surface area (Å²) in [5.41, 5.74) is 18.4. The van der Waals surface area contributed by atoms with Gasteiger partial charge in [0, 0.05) is 34.2 Å². The van der Waals surface area contributed by atoms with Crippen molar-refractivity contribution in [3.63, 3.8) is 0 Å². The average molecular weight is 774 g/mol. The number of para-hydroxylation sites is 2. The molecule has 0 bridgehead atoms. The monoisotopic (exact) mass is 773 g/mol. The summed E-state index contributed by atoms with van der Waals surface area (Å²) in [6.07, 6.45) is 20.9. The fourth-order valence-corrected chi connectivity index (χ4v) is 11.3. The fraction of sp³-hybridized carbons (Fsp3) is 0.186. The summed E-state index contributed by atoms with van der Waals surface area (Å²) in [4.78, 5) is 2.55. The summed E-state index contributed by atoms with van der Waals surface area (Å²) in [7, 11) is 0. The predicted molar refractivity (Wildman–Crippen MR) is 254 cm³/mol. The zero-order chi connectivity index (χ0) is 40.2. The highest BCUT2D eigenvalue weighted by Gasteiger charge is 2.38. The molecule has 0 spiro atoms. The molecule has 0 aromatic heterocycles. The van der Waals surface area contributed by atoms with E-state index in [0.717, 1.165) is 5.69 Å². The SMILES string of the molecule is CC1(C)c2ccccc2-c2c(-c3ccc(N(c4ccccc4-c4cccc5ccccc45)c4ccccc4C4C=CC=C5C=CC=C(C6CCCCC6)C54)cc3)cccc21. The van der Waals surface area contributed by atoms with Gasteiger partial charge in [-0.05, 0) is 104 Å². The van der Waals surface area contributed by atoms with E-state index in [1.165, 1.54) is 110 Å². The lowest BCUT2D eigenvalue weighted by molar-refractivity contribution is 0.373. The largest absolute Gasteiger partial charge is 0.310 e. The molecule has 0 aliphatic heterocycles. The second-order valence-corrected chi connectivity index (χ2v) is 17.8. The van der Waals surface area contributed by atoms with Gasteiger partial charge in [-0.25, -0.2) is 0 Å². The Bertz CT molecular complexity index is 2890. The highest BCUT2D eigenvalue weighted by atomic mass is 15.1. The van der Waals surface area contributed by atoms with Gasteiger partial charge in [0.25, 0.3) is 0 Å². The van der Waals surface area contributed by atoms with Crippen LogP contribution in [0.5, 0.6) is 0 Å².